The van der Waals surface area contributed by atoms with Gasteiger partial charge in [0.15, 0.2) is 17.2 Å². The predicted molar refractivity (Wildman–Crippen MR) is 99.4 cm³/mol. The molecule has 0 atom stereocenters. The number of likely N-dealkylation sites (N-methyl/N-ethyl adjacent to an activating group) is 1. The molecule has 0 aliphatic heterocycles. The van der Waals surface area contributed by atoms with E-state index in [9.17, 15) is 14.7 Å². The maximum Gasteiger partial charge on any atom is 0.293 e. The lowest BCUT2D eigenvalue weighted by atomic mass is 10.1. The van der Waals surface area contributed by atoms with Crippen LogP contribution in [0.5, 0.6) is 17.2 Å². The molecule has 0 fully saturated rings. The molecule has 1 aromatic carbocycles. The highest BCUT2D eigenvalue weighted by atomic mass is 16.5. The zero-order chi connectivity index (χ0) is 20.0. The lowest BCUT2D eigenvalue weighted by Gasteiger charge is -2.25. The summed E-state index contributed by atoms with van der Waals surface area (Å²) >= 11 is 0. The van der Waals surface area contributed by atoms with Crippen molar-refractivity contribution in [2.24, 2.45) is 0 Å². The number of aromatic amines is 1. The summed E-state index contributed by atoms with van der Waals surface area (Å²) in [7, 11) is 6.84. The van der Waals surface area contributed by atoms with Crippen LogP contribution in [0.1, 0.15) is 16.1 Å². The van der Waals surface area contributed by atoms with Gasteiger partial charge in [0, 0.05) is 25.2 Å². The lowest BCUT2D eigenvalue weighted by molar-refractivity contribution is 0.0720. The van der Waals surface area contributed by atoms with Crippen molar-refractivity contribution < 1.29 is 19.4 Å². The molecule has 0 radical (unpaired) electrons. The largest absolute Gasteiger partial charge is 0.501 e. The van der Waals surface area contributed by atoms with Gasteiger partial charge in [0.25, 0.3) is 11.5 Å². The Bertz CT molecular complexity index is 850. The van der Waals surface area contributed by atoms with Crippen molar-refractivity contribution in [3.05, 3.63) is 46.1 Å². The van der Waals surface area contributed by atoms with E-state index in [0.717, 1.165) is 11.9 Å². The highest BCUT2D eigenvalue weighted by Gasteiger charge is 2.24. The number of benzene rings is 1. The van der Waals surface area contributed by atoms with Gasteiger partial charge < -0.3 is 29.4 Å². The Kier molecular flexibility index (Phi) is 6.78. The zero-order valence-electron chi connectivity index (χ0n) is 15.9. The molecule has 0 aliphatic rings. The number of hydrogen-bond acceptors (Lipinski definition) is 7. The molecule has 2 rings (SSSR count). The van der Waals surface area contributed by atoms with Crippen LogP contribution in [0.4, 0.5) is 0 Å². The summed E-state index contributed by atoms with van der Waals surface area (Å²) in [4.78, 5) is 34.1. The number of ether oxygens (including phenoxy) is 2. The molecule has 9 heteroatoms. The molecular formula is C18H24N4O5. The minimum absolute atomic E-state index is 0.195. The van der Waals surface area contributed by atoms with Gasteiger partial charge in [0.05, 0.1) is 20.5 Å². The van der Waals surface area contributed by atoms with Crippen LogP contribution >= 0.6 is 0 Å². The van der Waals surface area contributed by atoms with Crippen molar-refractivity contribution in [1.29, 1.82) is 0 Å². The van der Waals surface area contributed by atoms with E-state index in [4.69, 9.17) is 9.47 Å². The van der Waals surface area contributed by atoms with E-state index in [1.165, 1.54) is 19.1 Å². The Morgan fingerprint density at radius 3 is 2.59 bits per heavy atom. The van der Waals surface area contributed by atoms with Crippen LogP contribution in [0.15, 0.2) is 29.3 Å². The van der Waals surface area contributed by atoms with Gasteiger partial charge in [0.2, 0.25) is 5.75 Å². The van der Waals surface area contributed by atoms with Crippen molar-refractivity contribution >= 4 is 5.91 Å². The zero-order valence-corrected chi connectivity index (χ0v) is 15.9. The number of amides is 1. The molecule has 1 aromatic heterocycles. The molecule has 0 spiro atoms. The number of methoxy groups -OCH3 is 2. The van der Waals surface area contributed by atoms with Gasteiger partial charge in [0.1, 0.15) is 0 Å². The number of nitrogens with zero attached hydrogens (tertiary/aromatic N) is 3. The number of nitrogens with one attached hydrogen (secondary N) is 1. The van der Waals surface area contributed by atoms with Crippen LogP contribution in [0.3, 0.4) is 0 Å². The van der Waals surface area contributed by atoms with Crippen molar-refractivity contribution in [2.45, 2.75) is 6.54 Å². The average Bonchev–Trinajstić information content (AvgIpc) is 2.66. The van der Waals surface area contributed by atoms with Gasteiger partial charge in [-0.3, -0.25) is 9.59 Å². The summed E-state index contributed by atoms with van der Waals surface area (Å²) in [5, 5.41) is 9.93. The maximum absolute atomic E-state index is 12.9. The van der Waals surface area contributed by atoms with E-state index >= 15 is 0 Å². The second-order valence-electron chi connectivity index (χ2n) is 6.11. The molecule has 0 unspecified atom stereocenters. The summed E-state index contributed by atoms with van der Waals surface area (Å²) in [6.07, 6.45) is 1.09. The third kappa shape index (κ3) is 4.76. The van der Waals surface area contributed by atoms with Crippen molar-refractivity contribution in [2.75, 3.05) is 41.4 Å². The first-order valence-electron chi connectivity index (χ1n) is 8.29. The highest BCUT2D eigenvalue weighted by Crippen LogP contribution is 2.31. The van der Waals surface area contributed by atoms with Gasteiger partial charge in [-0.15, -0.1) is 0 Å². The molecule has 0 saturated carbocycles. The van der Waals surface area contributed by atoms with Gasteiger partial charge in [-0.25, -0.2) is 4.98 Å². The normalized spacial score (nSPS) is 10.7. The smallest absolute Gasteiger partial charge is 0.293 e. The maximum atomic E-state index is 12.9. The Balaban J connectivity index is 2.39. The molecule has 2 N–H and O–H groups in total. The minimum atomic E-state index is -0.764. The number of carbonyl (C=O) groups excluding carboxylic acids is 1. The van der Waals surface area contributed by atoms with Gasteiger partial charge in [-0.05, 0) is 20.2 Å². The molecule has 27 heavy (non-hydrogen) atoms. The molecular weight excluding hydrogens is 352 g/mol. The number of hydrogen-bond donors (Lipinski definition) is 2. The average molecular weight is 376 g/mol. The molecule has 1 amide bonds. The Labute approximate surface area is 157 Å². The van der Waals surface area contributed by atoms with E-state index in [2.05, 4.69) is 9.97 Å². The van der Waals surface area contributed by atoms with Crippen molar-refractivity contribution in [3.63, 3.8) is 0 Å². The first kappa shape index (κ1) is 20.2. The number of aromatic hydroxyl groups is 1. The predicted octanol–water partition coefficient (Wildman–Crippen LogP) is 0.697. The quantitative estimate of drug-likeness (QED) is 0.698. The summed E-state index contributed by atoms with van der Waals surface area (Å²) in [5.41, 5.74) is -0.326. The van der Waals surface area contributed by atoms with Crippen LogP contribution in [0, 0.1) is 0 Å². The third-order valence-electron chi connectivity index (χ3n) is 3.98. The first-order chi connectivity index (χ1) is 12.9. The topological polar surface area (TPSA) is 108 Å². The summed E-state index contributed by atoms with van der Waals surface area (Å²) < 4.78 is 10.7. The molecule has 146 valence electrons. The molecule has 2 aromatic rings. The van der Waals surface area contributed by atoms with Crippen LogP contribution in [-0.2, 0) is 6.54 Å². The van der Waals surface area contributed by atoms with Crippen LogP contribution in [0.2, 0.25) is 0 Å². The van der Waals surface area contributed by atoms with Gasteiger partial charge in [-0.1, -0.05) is 12.1 Å². The second kappa shape index (κ2) is 9.04. The Morgan fingerprint density at radius 2 is 1.96 bits per heavy atom. The van der Waals surface area contributed by atoms with Crippen molar-refractivity contribution in [3.8, 4) is 17.2 Å². The number of carbonyl (C=O) groups is 1. The number of H-pyrrole nitrogens is 1. The van der Waals surface area contributed by atoms with Crippen LogP contribution in [0.25, 0.3) is 0 Å². The van der Waals surface area contributed by atoms with Gasteiger partial charge in [-0.2, -0.15) is 0 Å². The standard InChI is InChI=1S/C18H24N4O5/c1-21(2)8-9-22(18(25)14-15(23)17(24)20-11-19-14)10-12-6-5-7-13(26-3)16(12)27-4/h5-7,11,23H,8-10H2,1-4H3,(H,19,20,24). The molecule has 0 saturated heterocycles. The van der Waals surface area contributed by atoms with Crippen LogP contribution < -0.4 is 15.0 Å². The van der Waals surface area contributed by atoms with Gasteiger partial charge >= 0.3 is 0 Å². The minimum Gasteiger partial charge on any atom is -0.501 e. The van der Waals surface area contributed by atoms with E-state index in [0.29, 0.717) is 24.6 Å². The fraction of sp³-hybridized carbons (Fsp3) is 0.389. The number of para-hydroxylation sites is 1. The van der Waals surface area contributed by atoms with E-state index in [1.54, 1.807) is 12.1 Å². The van der Waals surface area contributed by atoms with Crippen molar-refractivity contribution in [1.82, 2.24) is 19.8 Å². The Morgan fingerprint density at radius 1 is 1.22 bits per heavy atom. The summed E-state index contributed by atoms with van der Waals surface area (Å²) in [6, 6.07) is 5.38. The molecule has 0 aliphatic carbocycles. The molecule has 9 nitrogen and oxygen atoms in total. The monoisotopic (exact) mass is 376 g/mol. The SMILES string of the molecule is COc1cccc(CN(CCN(C)C)C(=O)c2nc[nH]c(=O)c2O)c1OC. The third-order valence-corrected chi connectivity index (χ3v) is 3.98. The van der Waals surface area contributed by atoms with E-state index in [-0.39, 0.29) is 12.2 Å². The highest BCUT2D eigenvalue weighted by molar-refractivity contribution is 5.94. The second-order valence-corrected chi connectivity index (χ2v) is 6.11. The fourth-order valence-electron chi connectivity index (χ4n) is 2.56. The summed E-state index contributed by atoms with van der Waals surface area (Å²) in [5.74, 6) is -0.182. The van der Waals surface area contributed by atoms with E-state index < -0.39 is 17.2 Å². The molecule has 1 heterocycles. The summed E-state index contributed by atoms with van der Waals surface area (Å²) in [6.45, 7) is 1.14. The van der Waals surface area contributed by atoms with E-state index in [1.807, 2.05) is 25.1 Å². The number of rotatable bonds is 8. The Hall–Kier alpha value is -3.07. The number of aromatic nitrogens is 2. The first-order valence-corrected chi connectivity index (χ1v) is 8.29. The lowest BCUT2D eigenvalue weighted by Crippen LogP contribution is -2.37. The van der Waals surface area contributed by atoms with Crippen LogP contribution in [-0.4, -0.2) is 72.2 Å². The molecule has 0 bridgehead atoms. The fourth-order valence-corrected chi connectivity index (χ4v) is 2.56.